The van der Waals surface area contributed by atoms with Gasteiger partial charge in [0.15, 0.2) is 5.17 Å². The summed E-state index contributed by atoms with van der Waals surface area (Å²) in [5.41, 5.74) is 2.55. The van der Waals surface area contributed by atoms with Crippen molar-refractivity contribution in [3.05, 3.63) is 90.0 Å². The number of nitrogens with one attached hydrogen (secondary N) is 1. The first-order valence-corrected chi connectivity index (χ1v) is 12.1. The van der Waals surface area contributed by atoms with Gasteiger partial charge in [-0.1, -0.05) is 42.1 Å². The van der Waals surface area contributed by atoms with Crippen molar-refractivity contribution in [1.29, 1.82) is 0 Å². The minimum Gasteiger partial charge on any atom is -0.497 e. The van der Waals surface area contributed by atoms with Crippen LogP contribution in [0.4, 0.5) is 11.4 Å². The Morgan fingerprint density at radius 2 is 1.67 bits per heavy atom. The third kappa shape index (κ3) is 6.11. The molecule has 0 unspecified atom stereocenters. The highest BCUT2D eigenvalue weighted by atomic mass is 32.2. The number of rotatable bonds is 8. The molecule has 9 heteroatoms. The van der Waals surface area contributed by atoms with Gasteiger partial charge in [0.2, 0.25) is 11.8 Å². The van der Waals surface area contributed by atoms with Crippen molar-refractivity contribution in [1.82, 2.24) is 4.90 Å². The Balaban J connectivity index is 1.48. The monoisotopic (exact) mass is 503 g/mol. The topological polar surface area (TPSA) is 97.3 Å². The van der Waals surface area contributed by atoms with E-state index in [1.165, 1.54) is 18.9 Å². The van der Waals surface area contributed by atoms with E-state index in [0.29, 0.717) is 23.0 Å². The first-order chi connectivity index (χ1) is 17.5. The largest absolute Gasteiger partial charge is 0.497 e. The molecule has 0 radical (unpaired) electrons. The Labute approximate surface area is 213 Å². The highest BCUT2D eigenvalue weighted by Crippen LogP contribution is 2.33. The van der Waals surface area contributed by atoms with E-state index in [9.17, 15) is 14.4 Å². The third-order valence-corrected chi connectivity index (χ3v) is 6.64. The molecule has 3 aromatic carbocycles. The smallest absolute Gasteiger partial charge is 0.337 e. The summed E-state index contributed by atoms with van der Waals surface area (Å²) in [4.78, 5) is 44.0. The normalized spacial score (nSPS) is 16.2. The quantitative estimate of drug-likeness (QED) is 0.450. The molecule has 36 heavy (non-hydrogen) atoms. The summed E-state index contributed by atoms with van der Waals surface area (Å²) < 4.78 is 9.90. The number of amidine groups is 1. The van der Waals surface area contributed by atoms with Gasteiger partial charge in [0.05, 0.1) is 32.0 Å². The molecule has 1 aliphatic rings. The zero-order valence-electron chi connectivity index (χ0n) is 19.8. The third-order valence-electron chi connectivity index (χ3n) is 5.46. The van der Waals surface area contributed by atoms with E-state index in [0.717, 1.165) is 17.0 Å². The number of methoxy groups -OCH3 is 2. The minimum atomic E-state index is -0.611. The fraction of sp³-hybridized carbons (Fsp3) is 0.185. The number of ether oxygens (including phenoxy) is 2. The predicted octanol–water partition coefficient (Wildman–Crippen LogP) is 4.64. The maximum Gasteiger partial charge on any atom is 0.337 e. The standard InChI is InChI=1S/C27H25N3O5S/c1-34-22-14-8-18(9-15-22)17-30-25(32)23(36-27(30)29-20-6-4-3-5-7-20)16-24(31)28-21-12-10-19(11-13-21)26(33)35-2/h3-15,23H,16-17H2,1-2H3,(H,28,31)/t23-/m0/s1. The SMILES string of the molecule is COC(=O)c1ccc(NC(=O)C[C@@H]2SC(=Nc3ccccc3)N(Cc3ccc(OC)cc3)C2=O)cc1. The van der Waals surface area contributed by atoms with Gasteiger partial charge in [0, 0.05) is 12.1 Å². The number of hydrogen-bond acceptors (Lipinski definition) is 7. The van der Waals surface area contributed by atoms with Gasteiger partial charge in [-0.3, -0.25) is 14.5 Å². The lowest BCUT2D eigenvalue weighted by Gasteiger charge is -2.17. The summed E-state index contributed by atoms with van der Waals surface area (Å²) in [5.74, 6) is -0.213. The Bertz CT molecular complexity index is 1260. The molecule has 0 aromatic heterocycles. The maximum atomic E-state index is 13.3. The van der Waals surface area contributed by atoms with Crippen LogP contribution in [0.25, 0.3) is 0 Å². The fourth-order valence-electron chi connectivity index (χ4n) is 3.58. The van der Waals surface area contributed by atoms with E-state index in [2.05, 4.69) is 15.0 Å². The van der Waals surface area contributed by atoms with E-state index in [-0.39, 0.29) is 18.2 Å². The van der Waals surface area contributed by atoms with Gasteiger partial charge in [-0.05, 0) is 54.1 Å². The summed E-state index contributed by atoms with van der Waals surface area (Å²) in [6.45, 7) is 0.328. The number of benzene rings is 3. The van der Waals surface area contributed by atoms with Crippen LogP contribution in [0.15, 0.2) is 83.9 Å². The van der Waals surface area contributed by atoms with Crippen molar-refractivity contribution in [3.63, 3.8) is 0 Å². The molecule has 3 aromatic rings. The van der Waals surface area contributed by atoms with Crippen LogP contribution in [-0.4, -0.2) is 47.3 Å². The van der Waals surface area contributed by atoms with Crippen LogP contribution in [-0.2, 0) is 20.9 Å². The second-order valence-electron chi connectivity index (χ2n) is 7.93. The molecule has 2 amide bonds. The maximum absolute atomic E-state index is 13.3. The first kappa shape index (κ1) is 25.0. The number of carbonyl (C=O) groups is 3. The number of carbonyl (C=O) groups excluding carboxylic acids is 3. The van der Waals surface area contributed by atoms with Gasteiger partial charge in [-0.2, -0.15) is 0 Å². The molecule has 0 saturated carbocycles. The van der Waals surface area contributed by atoms with E-state index in [1.807, 2.05) is 54.6 Å². The number of nitrogens with zero attached hydrogens (tertiary/aromatic N) is 2. The van der Waals surface area contributed by atoms with Crippen molar-refractivity contribution < 1.29 is 23.9 Å². The molecule has 1 atom stereocenters. The number of thioether (sulfide) groups is 1. The van der Waals surface area contributed by atoms with E-state index < -0.39 is 11.2 Å². The predicted molar refractivity (Wildman–Crippen MR) is 139 cm³/mol. The fourth-order valence-corrected chi connectivity index (χ4v) is 4.74. The number of anilines is 1. The average molecular weight is 504 g/mol. The molecule has 8 nitrogen and oxygen atoms in total. The van der Waals surface area contributed by atoms with E-state index in [4.69, 9.17) is 4.74 Å². The molecule has 1 aliphatic heterocycles. The molecule has 1 fully saturated rings. The van der Waals surface area contributed by atoms with Crippen molar-refractivity contribution in [2.45, 2.75) is 18.2 Å². The van der Waals surface area contributed by atoms with Crippen LogP contribution < -0.4 is 10.1 Å². The van der Waals surface area contributed by atoms with Gasteiger partial charge in [-0.25, -0.2) is 9.79 Å². The Hall–Kier alpha value is -4.11. The van der Waals surface area contributed by atoms with Gasteiger partial charge >= 0.3 is 5.97 Å². The molecule has 1 saturated heterocycles. The van der Waals surface area contributed by atoms with Crippen LogP contribution in [0.3, 0.4) is 0 Å². The highest BCUT2D eigenvalue weighted by molar-refractivity contribution is 8.15. The molecule has 4 rings (SSSR count). The summed E-state index contributed by atoms with van der Waals surface area (Å²) in [7, 11) is 2.91. The molecule has 1 heterocycles. The Morgan fingerprint density at radius 1 is 0.972 bits per heavy atom. The van der Waals surface area contributed by atoms with Crippen molar-refractivity contribution in [2.24, 2.45) is 4.99 Å². The van der Waals surface area contributed by atoms with E-state index in [1.54, 1.807) is 36.3 Å². The minimum absolute atomic E-state index is 0.0187. The van der Waals surface area contributed by atoms with Gasteiger partial charge in [0.1, 0.15) is 11.0 Å². The van der Waals surface area contributed by atoms with Crippen LogP contribution in [0.5, 0.6) is 5.75 Å². The summed E-state index contributed by atoms with van der Waals surface area (Å²) in [6, 6.07) is 23.2. The molecule has 1 N–H and O–H groups in total. The highest BCUT2D eigenvalue weighted by Gasteiger charge is 2.39. The molecule has 0 bridgehead atoms. The lowest BCUT2D eigenvalue weighted by atomic mass is 10.2. The molecule has 0 spiro atoms. The number of hydrogen-bond donors (Lipinski definition) is 1. The average Bonchev–Trinajstić information content (AvgIpc) is 3.18. The van der Waals surface area contributed by atoms with Crippen LogP contribution in [0.1, 0.15) is 22.3 Å². The van der Waals surface area contributed by atoms with Crippen molar-refractivity contribution >= 4 is 46.1 Å². The van der Waals surface area contributed by atoms with Crippen molar-refractivity contribution in [2.75, 3.05) is 19.5 Å². The molecule has 0 aliphatic carbocycles. The van der Waals surface area contributed by atoms with E-state index >= 15 is 0 Å². The zero-order valence-corrected chi connectivity index (χ0v) is 20.7. The Kier molecular flexibility index (Phi) is 8.02. The molecular weight excluding hydrogens is 478 g/mol. The van der Waals surface area contributed by atoms with Crippen molar-refractivity contribution in [3.8, 4) is 5.75 Å². The van der Waals surface area contributed by atoms with Gasteiger partial charge in [0.25, 0.3) is 0 Å². The second kappa shape index (κ2) is 11.5. The Morgan fingerprint density at radius 3 is 2.31 bits per heavy atom. The summed E-state index contributed by atoms with van der Waals surface area (Å²) in [5, 5.41) is 2.72. The number of para-hydroxylation sites is 1. The molecular formula is C27H25N3O5S. The van der Waals surface area contributed by atoms with Gasteiger partial charge in [-0.15, -0.1) is 0 Å². The lowest BCUT2D eigenvalue weighted by Crippen LogP contribution is -2.33. The van der Waals surface area contributed by atoms with Crippen LogP contribution in [0.2, 0.25) is 0 Å². The summed E-state index contributed by atoms with van der Waals surface area (Å²) in [6.07, 6.45) is -0.0187. The number of aliphatic imine (C=N–C) groups is 1. The second-order valence-corrected chi connectivity index (χ2v) is 9.10. The number of amides is 2. The van der Waals surface area contributed by atoms with Crippen LogP contribution in [0, 0.1) is 0 Å². The van der Waals surface area contributed by atoms with Gasteiger partial charge < -0.3 is 14.8 Å². The zero-order chi connectivity index (χ0) is 25.5. The summed E-state index contributed by atoms with van der Waals surface area (Å²) >= 11 is 1.28. The molecule has 184 valence electrons. The first-order valence-electron chi connectivity index (χ1n) is 11.2. The van der Waals surface area contributed by atoms with Crippen LogP contribution >= 0.6 is 11.8 Å². The lowest BCUT2D eigenvalue weighted by molar-refractivity contribution is -0.128. The number of esters is 1.